The molecule has 2 aromatic carbocycles. The van der Waals surface area contributed by atoms with Crippen LogP contribution >= 0.6 is 0 Å². The van der Waals surface area contributed by atoms with Crippen LogP contribution in [-0.4, -0.2) is 31.3 Å². The molecule has 7 nitrogen and oxygen atoms in total. The van der Waals surface area contributed by atoms with Crippen molar-refractivity contribution in [1.82, 2.24) is 9.78 Å². The summed E-state index contributed by atoms with van der Waals surface area (Å²) in [4.78, 5) is 11.6. The molecule has 3 rings (SSSR count). The van der Waals surface area contributed by atoms with Crippen LogP contribution in [-0.2, 0) is 14.8 Å². The first kappa shape index (κ1) is 19.6. The van der Waals surface area contributed by atoms with Gasteiger partial charge in [-0.15, -0.1) is 0 Å². The van der Waals surface area contributed by atoms with Crippen LogP contribution in [0.2, 0.25) is 0 Å². The number of nitrogens with zero attached hydrogens (tertiary/aromatic N) is 2. The smallest absolute Gasteiger partial charge is 0.337 e. The number of carbonyl (C=O) groups excluding carboxylic acids is 1. The van der Waals surface area contributed by atoms with Crippen molar-refractivity contribution in [2.45, 2.75) is 25.7 Å². The molecule has 1 heterocycles. The molecule has 0 aliphatic rings. The Hall–Kier alpha value is -3.13. The Morgan fingerprint density at radius 1 is 1.00 bits per heavy atom. The minimum absolute atomic E-state index is 0.130. The predicted molar refractivity (Wildman–Crippen MR) is 106 cm³/mol. The lowest BCUT2D eigenvalue weighted by molar-refractivity contribution is 0.0601. The highest BCUT2D eigenvalue weighted by molar-refractivity contribution is 7.92. The number of nitrogens with one attached hydrogen (secondary N) is 1. The number of aryl methyl sites for hydroxylation is 2. The lowest BCUT2D eigenvalue weighted by Crippen LogP contribution is -2.15. The second-order valence-corrected chi connectivity index (χ2v) is 8.04. The Bertz CT molecular complexity index is 1120. The van der Waals surface area contributed by atoms with Crippen LogP contribution in [0.15, 0.2) is 53.4 Å². The van der Waals surface area contributed by atoms with Crippen LogP contribution in [0.1, 0.15) is 27.3 Å². The molecule has 0 saturated carbocycles. The Kier molecular flexibility index (Phi) is 5.24. The van der Waals surface area contributed by atoms with Gasteiger partial charge in [-0.3, -0.25) is 4.72 Å². The van der Waals surface area contributed by atoms with Crippen LogP contribution < -0.4 is 4.72 Å². The third kappa shape index (κ3) is 3.77. The van der Waals surface area contributed by atoms with E-state index in [0.717, 1.165) is 11.3 Å². The number of benzene rings is 2. The number of anilines is 1. The summed E-state index contributed by atoms with van der Waals surface area (Å²) in [6.45, 7) is 5.36. The Balaban J connectivity index is 1.94. The molecule has 8 heteroatoms. The summed E-state index contributed by atoms with van der Waals surface area (Å²) in [6, 6.07) is 13.7. The summed E-state index contributed by atoms with van der Waals surface area (Å²) in [7, 11) is -2.57. The Labute approximate surface area is 164 Å². The van der Waals surface area contributed by atoms with E-state index < -0.39 is 16.0 Å². The first-order valence-corrected chi connectivity index (χ1v) is 10.1. The van der Waals surface area contributed by atoms with Crippen molar-refractivity contribution in [3.63, 3.8) is 0 Å². The Morgan fingerprint density at radius 2 is 1.61 bits per heavy atom. The van der Waals surface area contributed by atoms with Crippen molar-refractivity contribution < 1.29 is 17.9 Å². The normalized spacial score (nSPS) is 11.3. The zero-order valence-electron chi connectivity index (χ0n) is 16.1. The summed E-state index contributed by atoms with van der Waals surface area (Å²) < 4.78 is 34.7. The van der Waals surface area contributed by atoms with Gasteiger partial charge in [0, 0.05) is 5.69 Å². The number of sulfonamides is 1. The standard InChI is InChI=1S/C20H21N3O4S/c1-13-5-11-18(12-6-13)23-15(3)19(14(2)21-23)28(25,26)22-17-9-7-16(8-10-17)20(24)27-4/h5-12,22H,1-4H3. The van der Waals surface area contributed by atoms with E-state index in [9.17, 15) is 13.2 Å². The first-order chi connectivity index (χ1) is 13.2. The maximum Gasteiger partial charge on any atom is 0.337 e. The minimum Gasteiger partial charge on any atom is -0.465 e. The van der Waals surface area contributed by atoms with Crippen molar-refractivity contribution in [3.05, 3.63) is 71.0 Å². The van der Waals surface area contributed by atoms with E-state index in [1.54, 1.807) is 18.5 Å². The number of ether oxygens (including phenoxy) is 1. The fraction of sp³-hybridized carbons (Fsp3) is 0.200. The van der Waals surface area contributed by atoms with Gasteiger partial charge in [0.05, 0.1) is 29.7 Å². The maximum atomic E-state index is 13.0. The number of hydrogen-bond acceptors (Lipinski definition) is 5. The molecule has 0 bridgehead atoms. The lowest BCUT2D eigenvalue weighted by atomic mass is 10.2. The van der Waals surface area contributed by atoms with Gasteiger partial charge in [0.2, 0.25) is 0 Å². The molecule has 0 saturated heterocycles. The summed E-state index contributed by atoms with van der Waals surface area (Å²) in [5, 5.41) is 4.40. The van der Waals surface area contributed by atoms with E-state index in [4.69, 9.17) is 0 Å². The number of esters is 1. The van der Waals surface area contributed by atoms with Crippen LogP contribution in [0.3, 0.4) is 0 Å². The molecule has 1 aromatic heterocycles. The van der Waals surface area contributed by atoms with Gasteiger partial charge in [0.1, 0.15) is 4.90 Å². The number of carbonyl (C=O) groups is 1. The van der Waals surface area contributed by atoms with E-state index >= 15 is 0 Å². The highest BCUT2D eigenvalue weighted by atomic mass is 32.2. The summed E-state index contributed by atoms with van der Waals surface area (Å²) in [5.74, 6) is -0.486. The van der Waals surface area contributed by atoms with Gasteiger partial charge in [-0.1, -0.05) is 17.7 Å². The minimum atomic E-state index is -3.86. The fourth-order valence-corrected chi connectivity index (χ4v) is 4.41. The van der Waals surface area contributed by atoms with Gasteiger partial charge in [-0.2, -0.15) is 5.10 Å². The molecule has 0 amide bonds. The number of rotatable bonds is 5. The third-order valence-electron chi connectivity index (χ3n) is 4.33. The monoisotopic (exact) mass is 399 g/mol. The SMILES string of the molecule is COC(=O)c1ccc(NS(=O)(=O)c2c(C)nn(-c3ccc(C)cc3)c2C)cc1. The van der Waals surface area contributed by atoms with E-state index in [-0.39, 0.29) is 4.90 Å². The maximum absolute atomic E-state index is 13.0. The molecule has 3 aromatic rings. The van der Waals surface area contributed by atoms with Crippen LogP contribution in [0, 0.1) is 20.8 Å². The molecule has 28 heavy (non-hydrogen) atoms. The Morgan fingerprint density at radius 3 is 2.18 bits per heavy atom. The molecule has 1 N–H and O–H groups in total. The fourth-order valence-electron chi connectivity index (χ4n) is 2.95. The summed E-state index contributed by atoms with van der Waals surface area (Å²) in [5.41, 5.74) is 3.49. The van der Waals surface area contributed by atoms with Gasteiger partial charge in [-0.25, -0.2) is 17.9 Å². The van der Waals surface area contributed by atoms with Crippen LogP contribution in [0.4, 0.5) is 5.69 Å². The second kappa shape index (κ2) is 7.47. The zero-order valence-corrected chi connectivity index (χ0v) is 16.9. The summed E-state index contributed by atoms with van der Waals surface area (Å²) in [6.07, 6.45) is 0. The molecular formula is C20H21N3O4S. The van der Waals surface area contributed by atoms with Gasteiger partial charge >= 0.3 is 5.97 Å². The number of methoxy groups -OCH3 is 1. The predicted octanol–water partition coefficient (Wildman–Crippen LogP) is 3.38. The first-order valence-electron chi connectivity index (χ1n) is 8.57. The van der Waals surface area contributed by atoms with Crippen molar-refractivity contribution >= 4 is 21.7 Å². The van der Waals surface area contributed by atoms with Crippen molar-refractivity contribution in [1.29, 1.82) is 0 Å². The van der Waals surface area contributed by atoms with E-state index in [1.807, 2.05) is 31.2 Å². The van der Waals surface area contributed by atoms with Gasteiger partial charge < -0.3 is 4.74 Å². The van der Waals surface area contributed by atoms with E-state index in [2.05, 4.69) is 14.6 Å². The third-order valence-corrected chi connectivity index (χ3v) is 5.96. The van der Waals surface area contributed by atoms with E-state index in [0.29, 0.717) is 22.6 Å². The molecule has 0 radical (unpaired) electrons. The van der Waals surface area contributed by atoms with Crippen molar-refractivity contribution in [2.24, 2.45) is 0 Å². The average molecular weight is 399 g/mol. The van der Waals surface area contributed by atoms with Crippen molar-refractivity contribution in [3.8, 4) is 5.69 Å². The molecule has 0 aliphatic heterocycles. The number of hydrogen-bond donors (Lipinski definition) is 1. The topological polar surface area (TPSA) is 90.3 Å². The highest BCUT2D eigenvalue weighted by Crippen LogP contribution is 2.25. The molecule has 0 aliphatic carbocycles. The largest absolute Gasteiger partial charge is 0.465 e. The quantitative estimate of drug-likeness (QED) is 0.664. The molecule has 0 atom stereocenters. The van der Waals surface area contributed by atoms with Crippen molar-refractivity contribution in [2.75, 3.05) is 11.8 Å². The molecule has 0 unspecified atom stereocenters. The van der Waals surface area contributed by atoms with Gasteiger partial charge in [0.15, 0.2) is 0 Å². The molecule has 0 spiro atoms. The van der Waals surface area contributed by atoms with E-state index in [1.165, 1.54) is 31.4 Å². The van der Waals surface area contributed by atoms with Gasteiger partial charge in [-0.05, 0) is 57.2 Å². The summed E-state index contributed by atoms with van der Waals surface area (Å²) >= 11 is 0. The second-order valence-electron chi connectivity index (χ2n) is 6.42. The molecular weight excluding hydrogens is 378 g/mol. The average Bonchev–Trinajstić information content (AvgIpc) is 2.97. The highest BCUT2D eigenvalue weighted by Gasteiger charge is 2.25. The lowest BCUT2D eigenvalue weighted by Gasteiger charge is -2.10. The number of aromatic nitrogens is 2. The zero-order chi connectivity index (χ0) is 20.5. The van der Waals surface area contributed by atoms with Gasteiger partial charge in [0.25, 0.3) is 10.0 Å². The molecule has 0 fully saturated rings. The molecule has 146 valence electrons. The van der Waals surface area contributed by atoms with Crippen LogP contribution in [0.25, 0.3) is 5.69 Å². The van der Waals surface area contributed by atoms with Crippen LogP contribution in [0.5, 0.6) is 0 Å².